The van der Waals surface area contributed by atoms with Crippen LogP contribution >= 0.6 is 0 Å². The summed E-state index contributed by atoms with van der Waals surface area (Å²) in [6.07, 6.45) is 18.3. The SMILES string of the molecule is C/C=C\C(C)=C\C/C=C(C)/C=C/C1=C(C)CCCC1(C)C. The van der Waals surface area contributed by atoms with E-state index in [0.717, 1.165) is 6.42 Å². The van der Waals surface area contributed by atoms with Crippen LogP contribution in [0.2, 0.25) is 0 Å². The predicted octanol–water partition coefficient (Wildman–Crippen LogP) is 6.93. The van der Waals surface area contributed by atoms with E-state index in [0.29, 0.717) is 5.41 Å². The standard InChI is InChI=1S/C21H32/c1-7-10-17(2)11-8-12-18(3)14-15-20-19(4)13-9-16-21(20,5)6/h7,10-12,14-15H,8-9,13,16H2,1-6H3/b10-7-,15-14+,17-11+,18-12+. The molecule has 0 spiro atoms. The highest BCUT2D eigenvalue weighted by atomic mass is 14.3. The summed E-state index contributed by atoms with van der Waals surface area (Å²) in [7, 11) is 0. The molecule has 0 aromatic heterocycles. The van der Waals surface area contributed by atoms with Gasteiger partial charge in [0.15, 0.2) is 0 Å². The maximum absolute atomic E-state index is 2.37. The van der Waals surface area contributed by atoms with Gasteiger partial charge in [0.2, 0.25) is 0 Å². The van der Waals surface area contributed by atoms with Crippen LogP contribution in [0.1, 0.15) is 67.2 Å². The zero-order chi connectivity index (χ0) is 15.9. The van der Waals surface area contributed by atoms with E-state index in [-0.39, 0.29) is 0 Å². The number of rotatable bonds is 5. The Morgan fingerprint density at radius 3 is 2.29 bits per heavy atom. The lowest BCUT2D eigenvalue weighted by molar-refractivity contribution is 0.377. The quantitative estimate of drug-likeness (QED) is 0.480. The molecule has 0 saturated carbocycles. The minimum atomic E-state index is 0.335. The van der Waals surface area contributed by atoms with Crippen molar-refractivity contribution in [3.8, 4) is 0 Å². The molecule has 0 bridgehead atoms. The number of hydrogen-bond acceptors (Lipinski definition) is 0. The van der Waals surface area contributed by atoms with Crippen LogP contribution in [0.3, 0.4) is 0 Å². The molecule has 0 fully saturated rings. The average molecular weight is 284 g/mol. The van der Waals surface area contributed by atoms with Crippen LogP contribution in [0.15, 0.2) is 58.7 Å². The van der Waals surface area contributed by atoms with Crippen molar-refractivity contribution in [3.05, 3.63) is 58.7 Å². The lowest BCUT2D eigenvalue weighted by Crippen LogP contribution is -2.19. The molecule has 0 N–H and O–H groups in total. The van der Waals surface area contributed by atoms with Gasteiger partial charge in [0.1, 0.15) is 0 Å². The molecule has 1 aliphatic carbocycles. The van der Waals surface area contributed by atoms with E-state index in [9.17, 15) is 0 Å². The van der Waals surface area contributed by atoms with Crippen molar-refractivity contribution in [1.82, 2.24) is 0 Å². The Hall–Kier alpha value is -1.30. The summed E-state index contributed by atoms with van der Waals surface area (Å²) < 4.78 is 0. The van der Waals surface area contributed by atoms with E-state index in [2.05, 4.69) is 78.0 Å². The fourth-order valence-electron chi connectivity index (χ4n) is 3.05. The minimum absolute atomic E-state index is 0.335. The molecule has 0 aromatic carbocycles. The van der Waals surface area contributed by atoms with E-state index in [4.69, 9.17) is 0 Å². The first-order chi connectivity index (χ1) is 9.86. The van der Waals surface area contributed by atoms with E-state index >= 15 is 0 Å². The van der Waals surface area contributed by atoms with Crippen molar-refractivity contribution >= 4 is 0 Å². The highest BCUT2D eigenvalue weighted by Gasteiger charge is 2.26. The molecule has 1 aliphatic rings. The van der Waals surface area contributed by atoms with Crippen LogP contribution < -0.4 is 0 Å². The second-order valence-electron chi connectivity index (χ2n) is 6.90. The van der Waals surface area contributed by atoms with Gasteiger partial charge in [-0.3, -0.25) is 0 Å². The van der Waals surface area contributed by atoms with Crippen LogP contribution in [0, 0.1) is 5.41 Å². The van der Waals surface area contributed by atoms with Crippen LogP contribution in [0.5, 0.6) is 0 Å². The minimum Gasteiger partial charge on any atom is -0.0874 e. The van der Waals surface area contributed by atoms with E-state index in [1.54, 1.807) is 11.1 Å². The Balaban J connectivity index is 2.73. The molecule has 1 rings (SSSR count). The van der Waals surface area contributed by atoms with Gasteiger partial charge < -0.3 is 0 Å². The fourth-order valence-corrected chi connectivity index (χ4v) is 3.05. The maximum Gasteiger partial charge on any atom is -0.0104 e. The Bertz CT molecular complexity index is 490. The Morgan fingerprint density at radius 2 is 1.71 bits per heavy atom. The van der Waals surface area contributed by atoms with Crippen molar-refractivity contribution in [2.75, 3.05) is 0 Å². The molecule has 0 unspecified atom stereocenters. The van der Waals surface area contributed by atoms with Crippen molar-refractivity contribution < 1.29 is 0 Å². The molecular weight excluding hydrogens is 252 g/mol. The molecule has 0 nitrogen and oxygen atoms in total. The molecule has 0 atom stereocenters. The summed E-state index contributed by atoms with van der Waals surface area (Å²) >= 11 is 0. The monoisotopic (exact) mass is 284 g/mol. The lowest BCUT2D eigenvalue weighted by Gasteiger charge is -2.32. The van der Waals surface area contributed by atoms with Gasteiger partial charge in [-0.05, 0) is 64.4 Å². The van der Waals surface area contributed by atoms with E-state index in [1.165, 1.54) is 30.4 Å². The molecule has 0 heteroatoms. The van der Waals surface area contributed by atoms with Gasteiger partial charge in [0, 0.05) is 0 Å². The summed E-state index contributed by atoms with van der Waals surface area (Å²) in [6.45, 7) is 13.4. The molecule has 0 amide bonds. The van der Waals surface area contributed by atoms with Gasteiger partial charge in [-0.1, -0.05) is 67.0 Å². The van der Waals surface area contributed by atoms with Crippen molar-refractivity contribution in [3.63, 3.8) is 0 Å². The molecule has 21 heavy (non-hydrogen) atoms. The normalized spacial score (nSPS) is 20.9. The van der Waals surface area contributed by atoms with Crippen molar-refractivity contribution in [2.24, 2.45) is 5.41 Å². The van der Waals surface area contributed by atoms with Crippen LogP contribution in [0.4, 0.5) is 0 Å². The first-order valence-electron chi connectivity index (χ1n) is 8.21. The Labute approximate surface area is 132 Å². The third-order valence-corrected chi connectivity index (χ3v) is 4.36. The molecule has 116 valence electrons. The largest absolute Gasteiger partial charge is 0.0874 e. The zero-order valence-electron chi connectivity index (χ0n) is 14.8. The topological polar surface area (TPSA) is 0 Å². The molecule has 0 saturated heterocycles. The summed E-state index contributed by atoms with van der Waals surface area (Å²) in [4.78, 5) is 0. The highest BCUT2D eigenvalue weighted by molar-refractivity contribution is 5.36. The Morgan fingerprint density at radius 1 is 1.10 bits per heavy atom. The van der Waals surface area contributed by atoms with Gasteiger partial charge in [0.25, 0.3) is 0 Å². The smallest absolute Gasteiger partial charge is 0.0104 e. The molecule has 0 aromatic rings. The number of allylic oxidation sites excluding steroid dienone is 10. The fraction of sp³-hybridized carbons (Fsp3) is 0.524. The van der Waals surface area contributed by atoms with Gasteiger partial charge in [-0.2, -0.15) is 0 Å². The lowest BCUT2D eigenvalue weighted by atomic mass is 9.72. The van der Waals surface area contributed by atoms with Crippen LogP contribution in [-0.4, -0.2) is 0 Å². The van der Waals surface area contributed by atoms with Crippen LogP contribution in [0.25, 0.3) is 0 Å². The molecule has 0 aliphatic heterocycles. The zero-order valence-corrected chi connectivity index (χ0v) is 14.8. The van der Waals surface area contributed by atoms with E-state index in [1.807, 2.05) is 0 Å². The summed E-state index contributed by atoms with van der Waals surface area (Å²) in [5.74, 6) is 0. The predicted molar refractivity (Wildman–Crippen MR) is 96.4 cm³/mol. The number of hydrogen-bond donors (Lipinski definition) is 0. The van der Waals surface area contributed by atoms with Gasteiger partial charge in [0.05, 0.1) is 0 Å². The molecular formula is C21H32. The molecule has 0 heterocycles. The first kappa shape index (κ1) is 17.8. The summed E-state index contributed by atoms with van der Waals surface area (Å²) in [5.41, 5.74) is 6.13. The van der Waals surface area contributed by atoms with Crippen molar-refractivity contribution in [2.45, 2.75) is 67.2 Å². The maximum atomic E-state index is 2.37. The second kappa shape index (κ2) is 8.22. The van der Waals surface area contributed by atoms with Crippen molar-refractivity contribution in [1.29, 1.82) is 0 Å². The second-order valence-corrected chi connectivity index (χ2v) is 6.90. The third kappa shape index (κ3) is 5.91. The van der Waals surface area contributed by atoms with E-state index < -0.39 is 0 Å². The first-order valence-corrected chi connectivity index (χ1v) is 8.21. The van der Waals surface area contributed by atoms with Gasteiger partial charge in [-0.15, -0.1) is 0 Å². The highest BCUT2D eigenvalue weighted by Crippen LogP contribution is 2.40. The van der Waals surface area contributed by atoms with Gasteiger partial charge >= 0.3 is 0 Å². The third-order valence-electron chi connectivity index (χ3n) is 4.36. The van der Waals surface area contributed by atoms with Crippen LogP contribution in [-0.2, 0) is 0 Å². The summed E-state index contributed by atoms with van der Waals surface area (Å²) in [5, 5.41) is 0. The Kier molecular flexibility index (Phi) is 6.95. The van der Waals surface area contributed by atoms with Gasteiger partial charge in [-0.25, -0.2) is 0 Å². The summed E-state index contributed by atoms with van der Waals surface area (Å²) in [6, 6.07) is 0. The average Bonchev–Trinajstić information content (AvgIpc) is 2.37. The molecule has 0 radical (unpaired) electrons.